The molecule has 0 N–H and O–H groups in total. The van der Waals surface area contributed by atoms with E-state index in [4.69, 9.17) is 0 Å². The molecule has 4 aliphatic rings. The molecule has 0 amide bonds. The zero-order chi connectivity index (χ0) is 35.8. The summed E-state index contributed by atoms with van der Waals surface area (Å²) in [5, 5.41) is 5.41. The minimum Gasteiger partial charge on any atom is -1.00 e. The maximum Gasteiger partial charge on any atom is -1.00 e. The van der Waals surface area contributed by atoms with E-state index in [2.05, 4.69) is 161 Å². The smallest absolute Gasteiger partial charge is 1.00 e. The van der Waals surface area contributed by atoms with Gasteiger partial charge in [0.2, 0.25) is 0 Å². The van der Waals surface area contributed by atoms with Crippen LogP contribution >= 0.6 is 0 Å². The molecule has 4 atom stereocenters. The molecule has 6 aromatic rings. The van der Waals surface area contributed by atoms with Crippen molar-refractivity contribution in [1.82, 2.24) is 0 Å². The minimum absolute atomic E-state index is 0. The number of allylic oxidation sites excluding steroid dienone is 2. The third-order valence-electron chi connectivity index (χ3n) is 13.7. The summed E-state index contributed by atoms with van der Waals surface area (Å²) in [6.07, 6.45) is 13.7. The first-order valence-electron chi connectivity index (χ1n) is 20.6. The third kappa shape index (κ3) is 6.14. The van der Waals surface area contributed by atoms with Gasteiger partial charge < -0.3 is 24.8 Å². The average molecular weight is 796 g/mol. The maximum absolute atomic E-state index is 2.82. The summed E-state index contributed by atoms with van der Waals surface area (Å²) in [6, 6.07) is 46.7. The van der Waals surface area contributed by atoms with Crippen LogP contribution < -0.4 is 24.8 Å². The van der Waals surface area contributed by atoms with Crippen LogP contribution in [0.25, 0.3) is 56.0 Å². The fourth-order valence-corrected chi connectivity index (χ4v) is 26.1. The van der Waals surface area contributed by atoms with Gasteiger partial charge in [-0.2, -0.15) is 0 Å². The normalized spacial score (nSPS) is 22.3. The predicted molar refractivity (Wildman–Crippen MR) is 225 cm³/mol. The second kappa shape index (κ2) is 15.2. The van der Waals surface area contributed by atoms with E-state index in [1.807, 2.05) is 0 Å². The molecule has 0 radical (unpaired) electrons. The Hall–Kier alpha value is -3.39. The van der Waals surface area contributed by atoms with Crippen molar-refractivity contribution >= 4 is 33.7 Å². The van der Waals surface area contributed by atoms with E-state index in [1.165, 1.54) is 93.5 Å². The Balaban J connectivity index is 0.00000214. The van der Waals surface area contributed by atoms with Gasteiger partial charge in [-0.05, 0) is 0 Å². The summed E-state index contributed by atoms with van der Waals surface area (Å²) in [5.74, 6) is 1.28. The first-order valence-corrected chi connectivity index (χ1v) is 24.2. The van der Waals surface area contributed by atoms with Crippen molar-refractivity contribution in [1.29, 1.82) is 0 Å². The van der Waals surface area contributed by atoms with E-state index in [1.54, 1.807) is 22.3 Å². The summed E-state index contributed by atoms with van der Waals surface area (Å²) in [4.78, 5) is 0. The van der Waals surface area contributed by atoms with Crippen molar-refractivity contribution in [3.8, 4) is 22.3 Å². The number of hydrogen-bond donors (Lipinski definition) is 0. The Kier molecular flexibility index (Phi) is 10.6. The number of fused-ring (bicyclic) bond motifs is 5. The summed E-state index contributed by atoms with van der Waals surface area (Å²) in [5.41, 5.74) is 15.7. The fraction of sp³-hybridized carbons (Fsp3) is 0.308. The van der Waals surface area contributed by atoms with Crippen LogP contribution in [0.4, 0.5) is 0 Å². The topological polar surface area (TPSA) is 0 Å². The van der Waals surface area contributed by atoms with E-state index in [9.17, 15) is 0 Å². The van der Waals surface area contributed by atoms with Gasteiger partial charge in [0.25, 0.3) is 0 Å². The molecule has 2 fully saturated rings. The molecule has 10 rings (SSSR count). The van der Waals surface area contributed by atoms with E-state index >= 15 is 0 Å². The Morgan fingerprint density at radius 1 is 0.473 bits per heavy atom. The monoisotopic (exact) mass is 794 g/mol. The SMILES string of the molecule is CC(C)CC1=Cc2c(-c3cccc4ccccc34)cccc2[CH]1[Ti+2]1([CH]2C(CC(C)C)=Cc3c(-c4cccc5ccccc45)cccc32)[CH]2CCCC[CH]21.[Cl-].[Cl-]. The van der Waals surface area contributed by atoms with Crippen LogP contribution in [0.3, 0.4) is 0 Å². The average Bonchev–Trinajstić information content (AvgIpc) is 3.44. The first kappa shape index (κ1) is 38.5. The van der Waals surface area contributed by atoms with Crippen molar-refractivity contribution in [2.75, 3.05) is 0 Å². The van der Waals surface area contributed by atoms with Crippen LogP contribution in [0.5, 0.6) is 0 Å². The molecular weight excluding hydrogens is 743 g/mol. The van der Waals surface area contributed by atoms with E-state index in [0.717, 1.165) is 8.45 Å². The minimum atomic E-state index is -2.82. The zero-order valence-corrected chi connectivity index (χ0v) is 35.7. The summed E-state index contributed by atoms with van der Waals surface area (Å²) in [7, 11) is 0. The molecule has 1 saturated carbocycles. The Morgan fingerprint density at radius 2 is 0.855 bits per heavy atom. The second-order valence-corrected chi connectivity index (χ2v) is 24.9. The number of rotatable bonds is 8. The van der Waals surface area contributed by atoms with Gasteiger partial charge in [0.1, 0.15) is 0 Å². The molecular formula is C52H52Cl2Ti. The first-order chi connectivity index (χ1) is 25.9. The van der Waals surface area contributed by atoms with Crippen LogP contribution in [-0.4, -0.2) is 0 Å². The number of benzene rings is 6. The van der Waals surface area contributed by atoms with Crippen molar-refractivity contribution in [2.45, 2.75) is 83.1 Å². The van der Waals surface area contributed by atoms with Gasteiger partial charge in [0.15, 0.2) is 0 Å². The molecule has 1 heterocycles. The zero-order valence-electron chi connectivity index (χ0n) is 32.7. The number of hydrogen-bond acceptors (Lipinski definition) is 0. The van der Waals surface area contributed by atoms with Crippen LogP contribution in [0.2, 0.25) is 8.45 Å². The second-order valence-electron chi connectivity index (χ2n) is 17.7. The Labute approximate surface area is 344 Å². The summed E-state index contributed by atoms with van der Waals surface area (Å²) < 4.78 is 3.15. The molecule has 3 aliphatic carbocycles. The van der Waals surface area contributed by atoms with Crippen molar-refractivity contribution in [3.63, 3.8) is 0 Å². The van der Waals surface area contributed by atoms with Gasteiger partial charge in [-0.25, -0.2) is 0 Å². The van der Waals surface area contributed by atoms with Gasteiger partial charge in [-0.3, -0.25) is 0 Å². The quantitative estimate of drug-likeness (QED) is 0.135. The van der Waals surface area contributed by atoms with Gasteiger partial charge in [-0.1, -0.05) is 0 Å². The van der Waals surface area contributed by atoms with Crippen LogP contribution in [0.15, 0.2) is 132 Å². The molecule has 0 spiro atoms. The fourth-order valence-electron chi connectivity index (χ4n) is 12.0. The summed E-state index contributed by atoms with van der Waals surface area (Å²) >= 11 is -2.82. The maximum atomic E-state index is 2.74. The van der Waals surface area contributed by atoms with E-state index in [0.29, 0.717) is 20.3 Å². The molecule has 1 aliphatic heterocycles. The molecule has 6 aromatic carbocycles. The predicted octanol–water partition coefficient (Wildman–Crippen LogP) is 9.32. The molecule has 0 nitrogen and oxygen atoms in total. The van der Waals surface area contributed by atoms with Gasteiger partial charge in [0, 0.05) is 0 Å². The van der Waals surface area contributed by atoms with Crippen molar-refractivity contribution in [3.05, 3.63) is 155 Å². The van der Waals surface area contributed by atoms with Gasteiger partial charge in [0.05, 0.1) is 0 Å². The van der Waals surface area contributed by atoms with Crippen molar-refractivity contribution < 1.29 is 41.4 Å². The van der Waals surface area contributed by atoms with Gasteiger partial charge >= 0.3 is 322 Å². The van der Waals surface area contributed by atoms with Crippen LogP contribution in [0, 0.1) is 11.8 Å². The largest absolute Gasteiger partial charge is 1.00 e. The molecule has 278 valence electrons. The Morgan fingerprint density at radius 3 is 1.29 bits per heavy atom. The molecule has 55 heavy (non-hydrogen) atoms. The molecule has 0 bridgehead atoms. The molecule has 0 aromatic heterocycles. The summed E-state index contributed by atoms with van der Waals surface area (Å²) in [6.45, 7) is 9.82. The van der Waals surface area contributed by atoms with E-state index < -0.39 is 16.6 Å². The number of halogens is 2. The van der Waals surface area contributed by atoms with Crippen molar-refractivity contribution in [2.24, 2.45) is 11.8 Å². The molecule has 3 heteroatoms. The molecule has 1 saturated heterocycles. The Bertz CT molecular complexity index is 2280. The standard InChI is InChI=1S/2C23H21.C6H10.2ClH.Ti/c2*1-16(2)13-17-14-19-9-6-12-22(23(19)15-17)21-11-5-8-18-7-3-4-10-20(18)21;1-2-4-6-5-3-1;;;/h2*3-12,14-16H,13H2,1-2H3;1-2H,3-6H2;2*1H;/q;;;;;+2/p-2. The third-order valence-corrected chi connectivity index (χ3v) is 24.5. The van der Waals surface area contributed by atoms with Gasteiger partial charge in [-0.15, -0.1) is 0 Å². The van der Waals surface area contributed by atoms with E-state index in [-0.39, 0.29) is 24.8 Å². The van der Waals surface area contributed by atoms with Crippen LogP contribution in [0.1, 0.15) is 96.9 Å². The van der Waals surface area contributed by atoms with Crippen LogP contribution in [-0.2, 0) is 16.6 Å². The molecule has 4 unspecified atom stereocenters.